The maximum atomic E-state index is 5.60. The molecule has 3 aromatic rings. The lowest BCUT2D eigenvalue weighted by molar-refractivity contribution is 0.354. The van der Waals surface area contributed by atoms with Crippen molar-refractivity contribution < 1.29 is 9.47 Å². The Morgan fingerprint density at radius 1 is 0.867 bits per heavy atom. The van der Waals surface area contributed by atoms with Crippen molar-refractivity contribution >= 4 is 5.71 Å². The molecule has 0 unspecified atom stereocenters. The smallest absolute Gasteiger partial charge is 0.161 e. The van der Waals surface area contributed by atoms with Crippen LogP contribution in [0.25, 0.3) is 0 Å². The van der Waals surface area contributed by atoms with Crippen LogP contribution in [0.1, 0.15) is 41.0 Å². The highest BCUT2D eigenvalue weighted by atomic mass is 16.5. The van der Waals surface area contributed by atoms with E-state index >= 15 is 0 Å². The maximum absolute atomic E-state index is 5.60. The molecule has 0 spiro atoms. The van der Waals surface area contributed by atoms with Crippen molar-refractivity contribution in [3.05, 3.63) is 95.1 Å². The Bertz CT molecular complexity index is 996. The zero-order valence-corrected chi connectivity index (χ0v) is 17.8. The molecule has 4 rings (SSSR count). The number of nitrogens with zero attached hydrogens (tertiary/aromatic N) is 1. The van der Waals surface area contributed by atoms with E-state index in [9.17, 15) is 0 Å². The predicted molar refractivity (Wildman–Crippen MR) is 123 cm³/mol. The first-order valence-corrected chi connectivity index (χ1v) is 10.7. The largest absolute Gasteiger partial charge is 0.493 e. The van der Waals surface area contributed by atoms with Gasteiger partial charge in [0, 0.05) is 23.7 Å². The molecule has 3 aromatic carbocycles. The van der Waals surface area contributed by atoms with Crippen LogP contribution in [0.15, 0.2) is 77.8 Å². The van der Waals surface area contributed by atoms with Crippen LogP contribution in [0.4, 0.5) is 0 Å². The van der Waals surface area contributed by atoms with Gasteiger partial charge < -0.3 is 9.47 Å². The van der Waals surface area contributed by atoms with Gasteiger partial charge >= 0.3 is 0 Å². The van der Waals surface area contributed by atoms with E-state index in [2.05, 4.69) is 72.8 Å². The SMILES string of the molecule is COc1cc2c(cc1OC)C([C@H](CCCc1ccccc1)c1ccccc1)=NCC2. The Morgan fingerprint density at radius 2 is 1.53 bits per heavy atom. The van der Waals surface area contributed by atoms with Crippen LogP contribution in [-0.4, -0.2) is 26.5 Å². The average Bonchev–Trinajstić information content (AvgIpc) is 2.82. The van der Waals surface area contributed by atoms with Gasteiger partial charge in [0.1, 0.15) is 0 Å². The summed E-state index contributed by atoms with van der Waals surface area (Å²) in [6, 6.07) is 25.7. The third-order valence-electron chi connectivity index (χ3n) is 5.88. The summed E-state index contributed by atoms with van der Waals surface area (Å²) < 4.78 is 11.1. The van der Waals surface area contributed by atoms with Crippen LogP contribution < -0.4 is 9.47 Å². The van der Waals surface area contributed by atoms with Crippen LogP contribution in [0.5, 0.6) is 11.5 Å². The Hall–Kier alpha value is -3.07. The summed E-state index contributed by atoms with van der Waals surface area (Å²) in [7, 11) is 3.39. The van der Waals surface area contributed by atoms with E-state index < -0.39 is 0 Å². The summed E-state index contributed by atoms with van der Waals surface area (Å²) in [6.07, 6.45) is 4.19. The highest BCUT2D eigenvalue weighted by Crippen LogP contribution is 2.36. The van der Waals surface area contributed by atoms with E-state index in [0.29, 0.717) is 0 Å². The van der Waals surface area contributed by atoms with Gasteiger partial charge in [0.25, 0.3) is 0 Å². The third kappa shape index (κ3) is 4.40. The summed E-state index contributed by atoms with van der Waals surface area (Å²) in [4.78, 5) is 5.02. The lowest BCUT2D eigenvalue weighted by Gasteiger charge is -2.26. The summed E-state index contributed by atoms with van der Waals surface area (Å²) in [5, 5.41) is 0. The van der Waals surface area contributed by atoms with Gasteiger partial charge in [-0.2, -0.15) is 0 Å². The van der Waals surface area contributed by atoms with E-state index in [4.69, 9.17) is 14.5 Å². The van der Waals surface area contributed by atoms with E-state index in [-0.39, 0.29) is 5.92 Å². The number of fused-ring (bicyclic) bond motifs is 1. The summed E-state index contributed by atoms with van der Waals surface area (Å²) >= 11 is 0. The van der Waals surface area contributed by atoms with Crippen molar-refractivity contribution in [1.82, 2.24) is 0 Å². The van der Waals surface area contributed by atoms with Crippen molar-refractivity contribution in [2.75, 3.05) is 20.8 Å². The van der Waals surface area contributed by atoms with Crippen LogP contribution in [0.3, 0.4) is 0 Å². The van der Waals surface area contributed by atoms with E-state index in [1.54, 1.807) is 14.2 Å². The molecule has 1 aliphatic heterocycles. The number of rotatable bonds is 8. The van der Waals surface area contributed by atoms with Crippen LogP contribution in [0.2, 0.25) is 0 Å². The number of hydrogen-bond donors (Lipinski definition) is 0. The number of aryl methyl sites for hydroxylation is 1. The van der Waals surface area contributed by atoms with Gasteiger partial charge in [-0.3, -0.25) is 4.99 Å². The van der Waals surface area contributed by atoms with Crippen molar-refractivity contribution in [2.24, 2.45) is 4.99 Å². The number of hydrogen-bond acceptors (Lipinski definition) is 3. The second kappa shape index (κ2) is 9.62. The Labute approximate surface area is 179 Å². The molecule has 0 fully saturated rings. The van der Waals surface area contributed by atoms with Crippen LogP contribution >= 0.6 is 0 Å². The topological polar surface area (TPSA) is 30.8 Å². The monoisotopic (exact) mass is 399 g/mol. The lowest BCUT2D eigenvalue weighted by Crippen LogP contribution is -2.21. The third-order valence-corrected chi connectivity index (χ3v) is 5.88. The van der Waals surface area contributed by atoms with Crippen molar-refractivity contribution in [2.45, 2.75) is 31.6 Å². The van der Waals surface area contributed by atoms with Gasteiger partial charge in [-0.05, 0) is 54.5 Å². The molecular weight excluding hydrogens is 370 g/mol. The van der Waals surface area contributed by atoms with Crippen LogP contribution in [-0.2, 0) is 12.8 Å². The first-order chi connectivity index (χ1) is 14.8. The minimum atomic E-state index is 0.270. The molecule has 1 atom stereocenters. The number of methoxy groups -OCH3 is 2. The fraction of sp³-hybridized carbons (Fsp3) is 0.296. The fourth-order valence-electron chi connectivity index (χ4n) is 4.35. The Kier molecular flexibility index (Phi) is 6.48. The number of ether oxygens (including phenoxy) is 2. The molecule has 0 aromatic heterocycles. The standard InChI is InChI=1S/C27H29NO2/c1-29-25-18-22-16-17-28-27(24(22)19-26(25)30-2)23(21-13-7-4-8-14-21)15-9-12-20-10-5-3-6-11-20/h3-8,10-11,13-14,18-19,23H,9,12,15-17H2,1-2H3/t23-/m1/s1. The van der Waals surface area contributed by atoms with E-state index in [1.165, 1.54) is 28.0 Å². The normalized spacial score (nSPS) is 13.9. The molecule has 0 radical (unpaired) electrons. The van der Waals surface area contributed by atoms with Crippen molar-refractivity contribution in [3.8, 4) is 11.5 Å². The molecule has 3 nitrogen and oxygen atoms in total. The van der Waals surface area contributed by atoms with Gasteiger partial charge in [0.2, 0.25) is 0 Å². The minimum absolute atomic E-state index is 0.270. The molecule has 30 heavy (non-hydrogen) atoms. The van der Waals surface area contributed by atoms with Crippen molar-refractivity contribution in [3.63, 3.8) is 0 Å². The fourth-order valence-corrected chi connectivity index (χ4v) is 4.35. The molecule has 0 N–H and O–H groups in total. The summed E-state index contributed by atoms with van der Waals surface area (Å²) in [6.45, 7) is 0.819. The summed E-state index contributed by atoms with van der Waals surface area (Å²) in [5.41, 5.74) is 6.39. The average molecular weight is 400 g/mol. The first kappa shape index (κ1) is 20.2. The molecule has 0 aliphatic carbocycles. The first-order valence-electron chi connectivity index (χ1n) is 10.7. The highest BCUT2D eigenvalue weighted by Gasteiger charge is 2.26. The molecule has 1 heterocycles. The molecule has 3 heteroatoms. The minimum Gasteiger partial charge on any atom is -0.493 e. The van der Waals surface area contributed by atoms with Gasteiger partial charge in [-0.15, -0.1) is 0 Å². The number of benzene rings is 3. The second-order valence-corrected chi connectivity index (χ2v) is 7.72. The van der Waals surface area contributed by atoms with Gasteiger partial charge in [0.05, 0.1) is 14.2 Å². The Morgan fingerprint density at radius 3 is 2.23 bits per heavy atom. The molecule has 0 amide bonds. The van der Waals surface area contributed by atoms with Gasteiger partial charge in [-0.1, -0.05) is 60.7 Å². The van der Waals surface area contributed by atoms with E-state index in [1.807, 2.05) is 0 Å². The molecule has 0 saturated carbocycles. The second-order valence-electron chi connectivity index (χ2n) is 7.72. The number of aliphatic imine (C=N–C) groups is 1. The zero-order chi connectivity index (χ0) is 20.8. The summed E-state index contributed by atoms with van der Waals surface area (Å²) in [5.74, 6) is 1.83. The van der Waals surface area contributed by atoms with E-state index in [0.717, 1.165) is 43.7 Å². The molecular formula is C27H29NO2. The Balaban J connectivity index is 1.65. The highest BCUT2D eigenvalue weighted by molar-refractivity contribution is 6.07. The van der Waals surface area contributed by atoms with Gasteiger partial charge in [0.15, 0.2) is 11.5 Å². The molecule has 1 aliphatic rings. The maximum Gasteiger partial charge on any atom is 0.161 e. The zero-order valence-electron chi connectivity index (χ0n) is 17.8. The van der Waals surface area contributed by atoms with Crippen LogP contribution in [0, 0.1) is 0 Å². The quantitative estimate of drug-likeness (QED) is 0.475. The molecule has 0 saturated heterocycles. The predicted octanol–water partition coefficient (Wildman–Crippen LogP) is 5.86. The van der Waals surface area contributed by atoms with Crippen molar-refractivity contribution in [1.29, 1.82) is 0 Å². The lowest BCUT2D eigenvalue weighted by atomic mass is 9.82. The molecule has 154 valence electrons. The van der Waals surface area contributed by atoms with Gasteiger partial charge in [-0.25, -0.2) is 0 Å². The molecule has 0 bridgehead atoms.